The molecule has 1 atom stereocenters. The van der Waals surface area contributed by atoms with E-state index in [1.54, 1.807) is 7.11 Å². The van der Waals surface area contributed by atoms with E-state index in [2.05, 4.69) is 18.3 Å². The Kier molecular flexibility index (Phi) is 6.68. The predicted octanol–water partition coefficient (Wildman–Crippen LogP) is 4.86. The van der Waals surface area contributed by atoms with Gasteiger partial charge in [-0.15, -0.1) is 0 Å². The fraction of sp³-hybridized carbons (Fsp3) is 0.350. The summed E-state index contributed by atoms with van der Waals surface area (Å²) < 4.78 is 5.29. The van der Waals surface area contributed by atoms with E-state index in [4.69, 9.17) is 16.3 Å². The number of aryl methyl sites for hydroxylation is 2. The maximum atomic E-state index is 12.3. The van der Waals surface area contributed by atoms with Crippen molar-refractivity contribution in [2.45, 2.75) is 39.2 Å². The van der Waals surface area contributed by atoms with Gasteiger partial charge in [0.25, 0.3) is 0 Å². The van der Waals surface area contributed by atoms with E-state index >= 15 is 0 Å². The van der Waals surface area contributed by atoms with Crippen molar-refractivity contribution in [3.8, 4) is 5.75 Å². The third-order valence-electron chi connectivity index (χ3n) is 4.14. The Morgan fingerprint density at radius 3 is 2.62 bits per heavy atom. The van der Waals surface area contributed by atoms with Gasteiger partial charge in [-0.05, 0) is 48.6 Å². The molecule has 3 nitrogen and oxygen atoms in total. The molecule has 2 rings (SSSR count). The van der Waals surface area contributed by atoms with Crippen molar-refractivity contribution in [3.63, 3.8) is 0 Å². The number of benzene rings is 2. The highest BCUT2D eigenvalue weighted by atomic mass is 35.5. The molecule has 1 N–H and O–H groups in total. The number of carbonyl (C=O) groups excluding carboxylic acids is 1. The van der Waals surface area contributed by atoms with Gasteiger partial charge < -0.3 is 10.1 Å². The van der Waals surface area contributed by atoms with E-state index in [0.717, 1.165) is 28.9 Å². The van der Waals surface area contributed by atoms with E-state index in [0.29, 0.717) is 17.9 Å². The predicted molar refractivity (Wildman–Crippen MR) is 98.7 cm³/mol. The van der Waals surface area contributed by atoms with Gasteiger partial charge in [0.1, 0.15) is 5.75 Å². The standard InChI is InChI=1S/C20H24ClNO2/c1-4-18(16-9-11-19(24-3)14(2)13-16)22-20(23)12-10-15-7-5-6-8-17(15)21/h5-9,11,13,18H,4,10,12H2,1-3H3,(H,22,23)/t18-/m0/s1. The Bertz CT molecular complexity index is 700. The molecule has 0 unspecified atom stereocenters. The topological polar surface area (TPSA) is 38.3 Å². The maximum Gasteiger partial charge on any atom is 0.220 e. The van der Waals surface area contributed by atoms with Crippen LogP contribution >= 0.6 is 11.6 Å². The average Bonchev–Trinajstić information content (AvgIpc) is 2.59. The van der Waals surface area contributed by atoms with Gasteiger partial charge in [-0.3, -0.25) is 4.79 Å². The van der Waals surface area contributed by atoms with Crippen molar-refractivity contribution in [1.29, 1.82) is 0 Å². The molecule has 2 aromatic carbocycles. The lowest BCUT2D eigenvalue weighted by atomic mass is 10.0. The van der Waals surface area contributed by atoms with Crippen LogP contribution in [0.15, 0.2) is 42.5 Å². The van der Waals surface area contributed by atoms with Crippen molar-refractivity contribution in [2.75, 3.05) is 7.11 Å². The van der Waals surface area contributed by atoms with Crippen LogP contribution in [0.2, 0.25) is 5.02 Å². The van der Waals surface area contributed by atoms with Gasteiger partial charge in [0, 0.05) is 11.4 Å². The molecular weight excluding hydrogens is 322 g/mol. The summed E-state index contributed by atoms with van der Waals surface area (Å²) in [5.41, 5.74) is 3.17. The van der Waals surface area contributed by atoms with Crippen LogP contribution in [-0.2, 0) is 11.2 Å². The van der Waals surface area contributed by atoms with Crippen LogP contribution in [-0.4, -0.2) is 13.0 Å². The lowest BCUT2D eigenvalue weighted by Crippen LogP contribution is -2.28. The fourth-order valence-electron chi connectivity index (χ4n) is 2.76. The molecule has 0 heterocycles. The average molecular weight is 346 g/mol. The number of nitrogens with one attached hydrogen (secondary N) is 1. The highest BCUT2D eigenvalue weighted by Crippen LogP contribution is 2.24. The molecule has 0 spiro atoms. The summed E-state index contributed by atoms with van der Waals surface area (Å²) in [6.45, 7) is 4.08. The SMILES string of the molecule is CC[C@H](NC(=O)CCc1ccccc1Cl)c1ccc(OC)c(C)c1. The minimum Gasteiger partial charge on any atom is -0.496 e. The Morgan fingerprint density at radius 1 is 1.25 bits per heavy atom. The molecule has 0 aliphatic rings. The number of halogens is 1. The van der Waals surface area contributed by atoms with Gasteiger partial charge in [-0.2, -0.15) is 0 Å². The molecule has 0 aromatic heterocycles. The van der Waals surface area contributed by atoms with Gasteiger partial charge in [0.2, 0.25) is 5.91 Å². The largest absolute Gasteiger partial charge is 0.496 e. The van der Waals surface area contributed by atoms with Crippen LogP contribution in [0.3, 0.4) is 0 Å². The first-order valence-electron chi connectivity index (χ1n) is 8.22. The maximum absolute atomic E-state index is 12.3. The van der Waals surface area contributed by atoms with Gasteiger partial charge >= 0.3 is 0 Å². The highest BCUT2D eigenvalue weighted by molar-refractivity contribution is 6.31. The molecule has 2 aromatic rings. The fourth-order valence-corrected chi connectivity index (χ4v) is 2.99. The van der Waals surface area contributed by atoms with Gasteiger partial charge in [-0.1, -0.05) is 48.9 Å². The molecule has 0 radical (unpaired) electrons. The van der Waals surface area contributed by atoms with E-state index in [9.17, 15) is 4.79 Å². The van der Waals surface area contributed by atoms with E-state index in [-0.39, 0.29) is 11.9 Å². The van der Waals surface area contributed by atoms with Crippen molar-refractivity contribution in [3.05, 3.63) is 64.2 Å². The number of methoxy groups -OCH3 is 1. The quantitative estimate of drug-likeness (QED) is 0.778. The summed E-state index contributed by atoms with van der Waals surface area (Å²) in [5.74, 6) is 0.897. The van der Waals surface area contributed by atoms with E-state index in [1.807, 2.05) is 43.3 Å². The first-order valence-corrected chi connectivity index (χ1v) is 8.60. The highest BCUT2D eigenvalue weighted by Gasteiger charge is 2.14. The first-order chi connectivity index (χ1) is 11.5. The minimum atomic E-state index is 0.00773. The molecule has 24 heavy (non-hydrogen) atoms. The number of hydrogen-bond acceptors (Lipinski definition) is 2. The summed E-state index contributed by atoms with van der Waals surface area (Å²) in [5, 5.41) is 3.83. The molecule has 0 fully saturated rings. The normalized spacial score (nSPS) is 11.8. The van der Waals surface area contributed by atoms with Crippen LogP contribution in [0.4, 0.5) is 0 Å². The van der Waals surface area contributed by atoms with Gasteiger partial charge in [-0.25, -0.2) is 0 Å². The third kappa shape index (κ3) is 4.75. The molecule has 1 amide bonds. The summed E-state index contributed by atoms with van der Waals surface area (Å²) >= 11 is 6.14. The third-order valence-corrected chi connectivity index (χ3v) is 4.51. The number of hydrogen-bond donors (Lipinski definition) is 1. The minimum absolute atomic E-state index is 0.00773. The zero-order chi connectivity index (χ0) is 17.5. The molecule has 0 saturated carbocycles. The molecule has 0 saturated heterocycles. The summed E-state index contributed by atoms with van der Waals surface area (Å²) in [6.07, 6.45) is 1.91. The Balaban J connectivity index is 1.98. The zero-order valence-electron chi connectivity index (χ0n) is 14.4. The molecule has 0 aliphatic carbocycles. The number of amides is 1. The lowest BCUT2D eigenvalue weighted by molar-refractivity contribution is -0.121. The summed E-state index contributed by atoms with van der Waals surface area (Å²) in [6, 6.07) is 13.7. The van der Waals surface area contributed by atoms with Crippen LogP contribution in [0.25, 0.3) is 0 Å². The Morgan fingerprint density at radius 2 is 2.00 bits per heavy atom. The van der Waals surface area contributed by atoms with Crippen LogP contribution in [0.1, 0.15) is 42.5 Å². The number of rotatable bonds is 7. The van der Waals surface area contributed by atoms with Crippen LogP contribution in [0, 0.1) is 6.92 Å². The van der Waals surface area contributed by atoms with Crippen molar-refractivity contribution < 1.29 is 9.53 Å². The molecule has 128 valence electrons. The summed E-state index contributed by atoms with van der Waals surface area (Å²) in [7, 11) is 1.66. The number of carbonyl (C=O) groups is 1. The second-order valence-corrected chi connectivity index (χ2v) is 6.26. The molecular formula is C20H24ClNO2. The van der Waals surface area contributed by atoms with Crippen LogP contribution < -0.4 is 10.1 Å². The Labute approximate surface area is 149 Å². The first kappa shape index (κ1) is 18.3. The van der Waals surface area contributed by atoms with E-state index < -0.39 is 0 Å². The second-order valence-electron chi connectivity index (χ2n) is 5.85. The van der Waals surface area contributed by atoms with Crippen molar-refractivity contribution in [1.82, 2.24) is 5.32 Å². The zero-order valence-corrected chi connectivity index (χ0v) is 15.2. The number of ether oxygens (including phenoxy) is 1. The monoisotopic (exact) mass is 345 g/mol. The van der Waals surface area contributed by atoms with Gasteiger partial charge in [0.15, 0.2) is 0 Å². The molecule has 0 bridgehead atoms. The van der Waals surface area contributed by atoms with E-state index in [1.165, 1.54) is 0 Å². The Hall–Kier alpha value is -2.00. The lowest BCUT2D eigenvalue weighted by Gasteiger charge is -2.19. The van der Waals surface area contributed by atoms with Crippen LogP contribution in [0.5, 0.6) is 5.75 Å². The molecule has 0 aliphatic heterocycles. The summed E-state index contributed by atoms with van der Waals surface area (Å²) in [4.78, 5) is 12.3. The molecule has 4 heteroatoms. The van der Waals surface area contributed by atoms with Crippen molar-refractivity contribution >= 4 is 17.5 Å². The van der Waals surface area contributed by atoms with Crippen molar-refractivity contribution in [2.24, 2.45) is 0 Å². The van der Waals surface area contributed by atoms with Gasteiger partial charge in [0.05, 0.1) is 13.2 Å². The second kappa shape index (κ2) is 8.74. The smallest absolute Gasteiger partial charge is 0.220 e.